The zero-order valence-electron chi connectivity index (χ0n) is 15.2. The van der Waals surface area contributed by atoms with E-state index in [1.54, 1.807) is 0 Å². The van der Waals surface area contributed by atoms with E-state index in [2.05, 4.69) is 17.1 Å². The highest BCUT2D eigenvalue weighted by Crippen LogP contribution is 2.10. The third-order valence-electron chi connectivity index (χ3n) is 4.15. The van der Waals surface area contributed by atoms with Crippen LogP contribution in [0.2, 0.25) is 0 Å². The van der Waals surface area contributed by atoms with E-state index >= 15 is 0 Å². The third kappa shape index (κ3) is 17.5. The van der Waals surface area contributed by atoms with Gasteiger partial charge < -0.3 is 21.1 Å². The first-order valence-electron chi connectivity index (χ1n) is 9.55. The van der Waals surface area contributed by atoms with Gasteiger partial charge in [0.25, 0.3) is 0 Å². The quantitative estimate of drug-likeness (QED) is 0.337. The number of nitrogens with two attached hydrogens (primary N) is 1. The average Bonchev–Trinajstić information content (AvgIpc) is 2.53. The molecular weight excluding hydrogens is 290 g/mol. The molecule has 0 aromatic heterocycles. The lowest BCUT2D eigenvalue weighted by atomic mass is 10.1. The van der Waals surface area contributed by atoms with Crippen molar-refractivity contribution in [2.45, 2.75) is 71.1 Å². The van der Waals surface area contributed by atoms with Gasteiger partial charge in [0.1, 0.15) is 0 Å². The summed E-state index contributed by atoms with van der Waals surface area (Å²) >= 11 is 0. The summed E-state index contributed by atoms with van der Waals surface area (Å²) in [6.45, 7) is 6.52. The number of nitrogens with zero attached hydrogens (tertiary/aromatic N) is 1. The highest BCUT2D eigenvalue weighted by atomic mass is 16.4. The van der Waals surface area contributed by atoms with E-state index in [1.807, 2.05) is 0 Å². The molecule has 0 saturated carbocycles. The summed E-state index contributed by atoms with van der Waals surface area (Å²) in [4.78, 5) is 12.8. The Labute approximate surface area is 143 Å². The van der Waals surface area contributed by atoms with Gasteiger partial charge in [0, 0.05) is 26.2 Å². The van der Waals surface area contributed by atoms with Crippen LogP contribution in [0.15, 0.2) is 0 Å². The Hall–Kier alpha value is -0.650. The average molecular weight is 330 g/mol. The first-order valence-corrected chi connectivity index (χ1v) is 9.55. The lowest BCUT2D eigenvalue weighted by molar-refractivity contribution is -0.135. The summed E-state index contributed by atoms with van der Waals surface area (Å²) in [5, 5.41) is 11.5. The SMILES string of the molecule is CCCCCCCCCCCCN(CCN)CCNCC(=O)O. The van der Waals surface area contributed by atoms with E-state index in [9.17, 15) is 4.79 Å². The van der Waals surface area contributed by atoms with Crippen molar-refractivity contribution in [2.24, 2.45) is 5.73 Å². The van der Waals surface area contributed by atoms with Gasteiger partial charge in [0.15, 0.2) is 0 Å². The fourth-order valence-electron chi connectivity index (χ4n) is 2.77. The number of rotatable bonds is 18. The smallest absolute Gasteiger partial charge is 0.317 e. The van der Waals surface area contributed by atoms with Gasteiger partial charge in [0.05, 0.1) is 6.54 Å². The molecule has 0 aliphatic rings. The van der Waals surface area contributed by atoms with Gasteiger partial charge in [-0.15, -0.1) is 0 Å². The van der Waals surface area contributed by atoms with E-state index in [4.69, 9.17) is 10.8 Å². The minimum atomic E-state index is -0.801. The summed E-state index contributed by atoms with van der Waals surface area (Å²) in [5.74, 6) is -0.801. The predicted molar refractivity (Wildman–Crippen MR) is 97.8 cm³/mol. The number of nitrogens with one attached hydrogen (secondary N) is 1. The maximum Gasteiger partial charge on any atom is 0.317 e. The molecule has 0 aromatic rings. The molecule has 23 heavy (non-hydrogen) atoms. The largest absolute Gasteiger partial charge is 0.480 e. The van der Waals surface area contributed by atoms with Gasteiger partial charge in [0.2, 0.25) is 0 Å². The van der Waals surface area contributed by atoms with Gasteiger partial charge in [-0.1, -0.05) is 64.7 Å². The van der Waals surface area contributed by atoms with Gasteiger partial charge >= 0.3 is 5.97 Å². The molecular formula is C18H39N3O2. The van der Waals surface area contributed by atoms with Crippen LogP contribution < -0.4 is 11.1 Å². The summed E-state index contributed by atoms with van der Waals surface area (Å²) < 4.78 is 0. The third-order valence-corrected chi connectivity index (χ3v) is 4.15. The zero-order valence-corrected chi connectivity index (χ0v) is 15.2. The van der Waals surface area contributed by atoms with E-state index < -0.39 is 5.97 Å². The Balaban J connectivity index is 3.44. The number of hydrogen-bond acceptors (Lipinski definition) is 4. The number of carbonyl (C=O) groups is 1. The van der Waals surface area contributed by atoms with Crippen LogP contribution >= 0.6 is 0 Å². The molecule has 5 nitrogen and oxygen atoms in total. The molecule has 0 saturated heterocycles. The molecule has 138 valence electrons. The zero-order chi connectivity index (χ0) is 17.2. The number of carboxylic acid groups (broad SMARTS) is 1. The van der Waals surface area contributed by atoms with Crippen molar-refractivity contribution in [3.63, 3.8) is 0 Å². The van der Waals surface area contributed by atoms with Crippen LogP contribution in [0.5, 0.6) is 0 Å². The van der Waals surface area contributed by atoms with Crippen LogP contribution in [-0.4, -0.2) is 55.2 Å². The van der Waals surface area contributed by atoms with E-state index in [1.165, 1.54) is 64.2 Å². The van der Waals surface area contributed by atoms with E-state index in [-0.39, 0.29) is 6.54 Å². The highest BCUT2D eigenvalue weighted by Gasteiger charge is 2.04. The van der Waals surface area contributed by atoms with Crippen molar-refractivity contribution in [2.75, 3.05) is 39.3 Å². The molecule has 0 radical (unpaired) electrons. The molecule has 0 bridgehead atoms. The second kappa shape index (κ2) is 17.7. The van der Waals surface area contributed by atoms with Crippen LogP contribution in [0.3, 0.4) is 0 Å². The first-order chi connectivity index (χ1) is 11.2. The monoisotopic (exact) mass is 329 g/mol. The molecule has 0 spiro atoms. The molecule has 0 aromatic carbocycles. The Morgan fingerprint density at radius 3 is 2.00 bits per heavy atom. The van der Waals surface area contributed by atoms with E-state index in [0.29, 0.717) is 13.1 Å². The fourth-order valence-corrected chi connectivity index (χ4v) is 2.77. The van der Waals surface area contributed by atoms with Crippen molar-refractivity contribution in [3.8, 4) is 0 Å². The topological polar surface area (TPSA) is 78.6 Å². The minimum absolute atomic E-state index is 0.0364. The van der Waals surface area contributed by atoms with Crippen LogP contribution in [0.25, 0.3) is 0 Å². The maximum atomic E-state index is 10.4. The molecule has 0 atom stereocenters. The molecule has 0 amide bonds. The maximum absolute atomic E-state index is 10.4. The van der Waals surface area contributed by atoms with Crippen molar-refractivity contribution in [1.82, 2.24) is 10.2 Å². The molecule has 0 heterocycles. The Bertz CT molecular complexity index is 263. The lowest BCUT2D eigenvalue weighted by Gasteiger charge is -2.21. The Kier molecular flexibility index (Phi) is 17.2. The molecule has 0 aliphatic carbocycles. The van der Waals surface area contributed by atoms with Crippen LogP contribution in [0.1, 0.15) is 71.1 Å². The molecule has 0 rings (SSSR count). The van der Waals surface area contributed by atoms with Crippen LogP contribution in [0.4, 0.5) is 0 Å². The summed E-state index contributed by atoms with van der Waals surface area (Å²) in [5.41, 5.74) is 5.65. The molecule has 4 N–H and O–H groups in total. The second-order valence-corrected chi connectivity index (χ2v) is 6.38. The summed E-state index contributed by atoms with van der Waals surface area (Å²) in [6.07, 6.45) is 13.5. The molecule has 0 fully saturated rings. The summed E-state index contributed by atoms with van der Waals surface area (Å²) in [7, 11) is 0. The Morgan fingerprint density at radius 2 is 1.48 bits per heavy atom. The van der Waals surface area contributed by atoms with Crippen molar-refractivity contribution in [1.29, 1.82) is 0 Å². The number of unbranched alkanes of at least 4 members (excludes halogenated alkanes) is 9. The lowest BCUT2D eigenvalue weighted by Crippen LogP contribution is -2.37. The molecule has 5 heteroatoms. The number of carboxylic acids is 1. The van der Waals surface area contributed by atoms with Crippen molar-refractivity contribution in [3.05, 3.63) is 0 Å². The van der Waals surface area contributed by atoms with Crippen LogP contribution in [0, 0.1) is 0 Å². The second-order valence-electron chi connectivity index (χ2n) is 6.38. The predicted octanol–water partition coefficient (Wildman–Crippen LogP) is 2.84. The van der Waals surface area contributed by atoms with Crippen LogP contribution in [-0.2, 0) is 4.79 Å². The van der Waals surface area contributed by atoms with Gasteiger partial charge in [-0.25, -0.2) is 0 Å². The summed E-state index contributed by atoms with van der Waals surface area (Å²) in [6, 6.07) is 0. The highest BCUT2D eigenvalue weighted by molar-refractivity contribution is 5.68. The van der Waals surface area contributed by atoms with Gasteiger partial charge in [-0.2, -0.15) is 0 Å². The fraction of sp³-hybridized carbons (Fsp3) is 0.944. The first kappa shape index (κ1) is 22.4. The molecule has 0 aliphatic heterocycles. The number of hydrogen-bond donors (Lipinski definition) is 3. The van der Waals surface area contributed by atoms with Crippen molar-refractivity contribution >= 4 is 5.97 Å². The minimum Gasteiger partial charge on any atom is -0.480 e. The van der Waals surface area contributed by atoms with Gasteiger partial charge in [-0.05, 0) is 13.0 Å². The normalized spacial score (nSPS) is 11.3. The van der Waals surface area contributed by atoms with E-state index in [0.717, 1.165) is 19.6 Å². The standard InChI is InChI=1S/C18H39N3O2/c1-2-3-4-5-6-7-8-9-10-11-14-21(15-12-19)16-13-20-17-18(22)23/h20H,2-17,19H2,1H3,(H,22,23). The number of aliphatic carboxylic acids is 1. The Morgan fingerprint density at radius 1 is 0.913 bits per heavy atom. The van der Waals surface area contributed by atoms with Gasteiger partial charge in [-0.3, -0.25) is 4.79 Å². The van der Waals surface area contributed by atoms with Crippen molar-refractivity contribution < 1.29 is 9.90 Å². The molecule has 0 unspecified atom stereocenters.